The van der Waals surface area contributed by atoms with Gasteiger partial charge in [-0.1, -0.05) is 251 Å². The third-order valence-electron chi connectivity index (χ3n) is 10.5. The van der Waals surface area contributed by atoms with Gasteiger partial charge in [-0.05, 0) is 57.8 Å². The quantitative estimate of drug-likeness (QED) is 0.0262. The molecule has 0 fully saturated rings. The third kappa shape index (κ3) is 48.8. The summed E-state index contributed by atoms with van der Waals surface area (Å²) in [5, 5.41) is 0. The van der Waals surface area contributed by atoms with Gasteiger partial charge in [0.15, 0.2) is 6.10 Å². The summed E-state index contributed by atoms with van der Waals surface area (Å²) in [6.07, 6.45) is 70.3. The van der Waals surface area contributed by atoms with Crippen molar-refractivity contribution in [2.24, 2.45) is 0 Å². The van der Waals surface area contributed by atoms with Crippen LogP contribution in [0.5, 0.6) is 0 Å². The van der Waals surface area contributed by atoms with Crippen LogP contribution in [-0.2, 0) is 28.6 Å². The summed E-state index contributed by atoms with van der Waals surface area (Å²) in [5.74, 6) is -0.965. The summed E-state index contributed by atoms with van der Waals surface area (Å²) in [6, 6.07) is 0. The maximum atomic E-state index is 12.8. The smallest absolute Gasteiger partial charge is 0.306 e. The highest BCUT2D eigenvalue weighted by Gasteiger charge is 2.19. The van der Waals surface area contributed by atoms with Crippen LogP contribution in [0.1, 0.15) is 207 Å². The number of hydrogen-bond acceptors (Lipinski definition) is 6. The molecule has 0 rings (SSSR count). The highest BCUT2D eigenvalue weighted by molar-refractivity contribution is 5.71. The van der Waals surface area contributed by atoms with E-state index >= 15 is 0 Å². The summed E-state index contributed by atoms with van der Waals surface area (Å²) in [6.45, 7) is 6.29. The second-order valence-electron chi connectivity index (χ2n) is 16.6. The first-order chi connectivity index (χ1) is 31.5. The van der Waals surface area contributed by atoms with E-state index in [0.29, 0.717) is 19.3 Å². The molecule has 0 aliphatic carbocycles. The molecular formula is C58H92O6. The van der Waals surface area contributed by atoms with Crippen molar-refractivity contribution in [3.05, 3.63) is 122 Å². The van der Waals surface area contributed by atoms with Crippen molar-refractivity contribution in [2.75, 3.05) is 13.2 Å². The van der Waals surface area contributed by atoms with E-state index < -0.39 is 6.10 Å². The first kappa shape index (κ1) is 59.8. The average molecular weight is 885 g/mol. The van der Waals surface area contributed by atoms with Crippen LogP contribution < -0.4 is 0 Å². The van der Waals surface area contributed by atoms with E-state index in [1.54, 1.807) is 0 Å². The Hall–Kier alpha value is -4.19. The van der Waals surface area contributed by atoms with Gasteiger partial charge in [0.25, 0.3) is 0 Å². The lowest BCUT2D eigenvalue weighted by molar-refractivity contribution is -0.167. The van der Waals surface area contributed by atoms with Crippen LogP contribution in [0.4, 0.5) is 0 Å². The van der Waals surface area contributed by atoms with E-state index in [1.807, 2.05) is 72.9 Å². The van der Waals surface area contributed by atoms with Crippen LogP contribution in [0.2, 0.25) is 0 Å². The number of carbonyl (C=O) groups is 3. The van der Waals surface area contributed by atoms with Crippen LogP contribution in [0.25, 0.3) is 0 Å². The lowest BCUT2D eigenvalue weighted by atomic mass is 10.0. The number of ether oxygens (including phenoxy) is 3. The summed E-state index contributed by atoms with van der Waals surface area (Å²) < 4.78 is 16.7. The van der Waals surface area contributed by atoms with Gasteiger partial charge in [0, 0.05) is 19.3 Å². The highest BCUT2D eigenvalue weighted by Crippen LogP contribution is 2.14. The van der Waals surface area contributed by atoms with Gasteiger partial charge < -0.3 is 14.2 Å². The summed E-state index contributed by atoms with van der Waals surface area (Å²) in [5.41, 5.74) is 0. The summed E-state index contributed by atoms with van der Waals surface area (Å²) in [7, 11) is 0. The molecule has 0 bridgehead atoms. The van der Waals surface area contributed by atoms with Gasteiger partial charge in [0.1, 0.15) is 13.2 Å². The lowest BCUT2D eigenvalue weighted by Gasteiger charge is -2.18. The topological polar surface area (TPSA) is 78.9 Å². The standard InChI is InChI=1S/C58H92O6/c1-4-7-10-13-16-19-22-25-27-28-29-30-32-33-36-39-42-45-48-51-57(60)63-54-55(53-62-56(59)50-47-44-41-38-35-24-21-18-15-12-9-6-3)64-58(61)52-49-46-43-40-37-34-31-26-23-20-17-14-11-8-5-2/h7-8,10-11,13-14,16-17,19-20,22-23,25,27-30,32-33,36,55H,4-6,9,12,15,18,21,24,26,31,34-35,37-54H2,1-3H3/b10-7-,11-8-,16-13-,17-14-,22-19-,23-20-,27-25-,29-28+,32-30-,36-33-. The Labute approximate surface area is 392 Å². The zero-order valence-corrected chi connectivity index (χ0v) is 41.0. The van der Waals surface area contributed by atoms with E-state index in [1.165, 1.54) is 77.0 Å². The molecule has 0 saturated carbocycles. The van der Waals surface area contributed by atoms with Crippen LogP contribution in [-0.4, -0.2) is 37.2 Å². The van der Waals surface area contributed by atoms with Crippen molar-refractivity contribution < 1.29 is 28.6 Å². The number of hydrogen-bond donors (Lipinski definition) is 0. The number of allylic oxidation sites excluding steroid dienone is 20. The predicted octanol–water partition coefficient (Wildman–Crippen LogP) is 16.9. The van der Waals surface area contributed by atoms with Crippen molar-refractivity contribution in [2.45, 2.75) is 213 Å². The fraction of sp³-hybridized carbons (Fsp3) is 0.603. The van der Waals surface area contributed by atoms with Crippen molar-refractivity contribution in [3.63, 3.8) is 0 Å². The van der Waals surface area contributed by atoms with Gasteiger partial charge >= 0.3 is 17.9 Å². The summed E-state index contributed by atoms with van der Waals surface area (Å²) >= 11 is 0. The van der Waals surface area contributed by atoms with E-state index in [4.69, 9.17) is 14.2 Å². The van der Waals surface area contributed by atoms with Crippen LogP contribution in [0.15, 0.2) is 122 Å². The van der Waals surface area contributed by atoms with Gasteiger partial charge in [-0.25, -0.2) is 0 Å². The zero-order chi connectivity index (χ0) is 46.5. The molecule has 0 saturated heterocycles. The van der Waals surface area contributed by atoms with Gasteiger partial charge in [-0.3, -0.25) is 14.4 Å². The number of esters is 3. The predicted molar refractivity (Wildman–Crippen MR) is 274 cm³/mol. The van der Waals surface area contributed by atoms with Crippen LogP contribution in [0, 0.1) is 0 Å². The second-order valence-corrected chi connectivity index (χ2v) is 16.6. The molecular weight excluding hydrogens is 793 g/mol. The lowest BCUT2D eigenvalue weighted by Crippen LogP contribution is -2.30. The fourth-order valence-electron chi connectivity index (χ4n) is 6.66. The molecule has 0 spiro atoms. The third-order valence-corrected chi connectivity index (χ3v) is 10.5. The molecule has 0 aliphatic heterocycles. The number of carbonyl (C=O) groups excluding carboxylic acids is 3. The molecule has 1 unspecified atom stereocenters. The average Bonchev–Trinajstić information content (AvgIpc) is 3.29. The minimum atomic E-state index is -0.805. The monoisotopic (exact) mass is 885 g/mol. The maximum Gasteiger partial charge on any atom is 0.306 e. The largest absolute Gasteiger partial charge is 0.462 e. The van der Waals surface area contributed by atoms with Crippen LogP contribution in [0.3, 0.4) is 0 Å². The molecule has 6 nitrogen and oxygen atoms in total. The highest BCUT2D eigenvalue weighted by atomic mass is 16.6. The first-order valence-electron chi connectivity index (χ1n) is 25.7. The Balaban J connectivity index is 4.52. The normalized spacial score (nSPS) is 13.1. The molecule has 0 aromatic rings. The molecule has 0 aromatic carbocycles. The van der Waals surface area contributed by atoms with Crippen molar-refractivity contribution in [3.8, 4) is 0 Å². The van der Waals surface area contributed by atoms with E-state index in [-0.39, 0.29) is 31.1 Å². The minimum absolute atomic E-state index is 0.0999. The Morgan fingerprint density at radius 1 is 0.328 bits per heavy atom. The van der Waals surface area contributed by atoms with E-state index in [2.05, 4.69) is 69.4 Å². The minimum Gasteiger partial charge on any atom is -0.462 e. The SMILES string of the molecule is CC\C=C/C=C\C=C/C=C\C=C\C=C/C=C\CCCCCC(=O)OCC(COC(=O)CCCCCCCCCCCCCC)OC(=O)CCCCCCCCC\C=C/C=C\C=C/CC. The van der Waals surface area contributed by atoms with Gasteiger partial charge in [0.05, 0.1) is 0 Å². The Kier molecular flexibility index (Phi) is 48.1. The fourth-order valence-corrected chi connectivity index (χ4v) is 6.66. The zero-order valence-electron chi connectivity index (χ0n) is 41.0. The molecule has 0 heterocycles. The first-order valence-corrected chi connectivity index (χ1v) is 25.7. The second kappa shape index (κ2) is 51.4. The van der Waals surface area contributed by atoms with Crippen LogP contribution >= 0.6 is 0 Å². The summed E-state index contributed by atoms with van der Waals surface area (Å²) in [4.78, 5) is 38.0. The molecule has 0 N–H and O–H groups in total. The molecule has 0 amide bonds. The number of rotatable bonds is 44. The van der Waals surface area contributed by atoms with Crippen molar-refractivity contribution in [1.82, 2.24) is 0 Å². The maximum absolute atomic E-state index is 12.8. The molecule has 0 aliphatic rings. The van der Waals surface area contributed by atoms with Crippen molar-refractivity contribution >= 4 is 17.9 Å². The molecule has 1 atom stereocenters. The van der Waals surface area contributed by atoms with Gasteiger partial charge in [0.2, 0.25) is 0 Å². The van der Waals surface area contributed by atoms with E-state index in [0.717, 1.165) is 89.9 Å². The van der Waals surface area contributed by atoms with E-state index in [9.17, 15) is 14.4 Å². The molecule has 64 heavy (non-hydrogen) atoms. The molecule has 0 aromatic heterocycles. The Morgan fingerprint density at radius 3 is 0.969 bits per heavy atom. The Bertz CT molecular complexity index is 1390. The number of unbranched alkanes of at least 4 members (excludes halogenated alkanes) is 21. The van der Waals surface area contributed by atoms with Gasteiger partial charge in [-0.2, -0.15) is 0 Å². The molecule has 0 radical (unpaired) electrons. The Morgan fingerprint density at radius 2 is 0.609 bits per heavy atom. The van der Waals surface area contributed by atoms with Gasteiger partial charge in [-0.15, -0.1) is 0 Å². The molecule has 360 valence electrons. The molecule has 6 heteroatoms. The van der Waals surface area contributed by atoms with Crippen molar-refractivity contribution in [1.29, 1.82) is 0 Å².